The highest BCUT2D eigenvalue weighted by Gasteiger charge is 2.32. The molecular weight excluding hydrogens is 210 g/mol. The largest absolute Gasteiger partial charge is 0.316 e. The molecule has 3 fully saturated rings. The fourth-order valence-corrected chi connectivity index (χ4v) is 3.82. The van der Waals surface area contributed by atoms with Crippen LogP contribution < -0.4 is 5.32 Å². The van der Waals surface area contributed by atoms with Crippen molar-refractivity contribution in [2.75, 3.05) is 45.8 Å². The molecule has 0 spiro atoms. The van der Waals surface area contributed by atoms with E-state index in [1.807, 2.05) is 0 Å². The third-order valence-corrected chi connectivity index (χ3v) is 5.07. The van der Waals surface area contributed by atoms with Gasteiger partial charge in [0.15, 0.2) is 0 Å². The van der Waals surface area contributed by atoms with Gasteiger partial charge in [0.25, 0.3) is 0 Å². The van der Waals surface area contributed by atoms with Gasteiger partial charge in [0.2, 0.25) is 0 Å². The van der Waals surface area contributed by atoms with Crippen LogP contribution in [-0.4, -0.2) is 61.7 Å². The summed E-state index contributed by atoms with van der Waals surface area (Å²) in [4.78, 5) is 5.45. The molecule has 3 nitrogen and oxygen atoms in total. The third-order valence-electron chi connectivity index (χ3n) is 5.07. The van der Waals surface area contributed by atoms with E-state index in [0.29, 0.717) is 0 Å². The highest BCUT2D eigenvalue weighted by molar-refractivity contribution is 4.88. The van der Waals surface area contributed by atoms with Gasteiger partial charge in [0, 0.05) is 19.1 Å². The van der Waals surface area contributed by atoms with Crippen molar-refractivity contribution in [1.29, 1.82) is 0 Å². The van der Waals surface area contributed by atoms with Crippen molar-refractivity contribution in [2.45, 2.75) is 32.2 Å². The maximum Gasteiger partial charge on any atom is 0.0235 e. The van der Waals surface area contributed by atoms with Crippen LogP contribution >= 0.6 is 0 Å². The zero-order valence-corrected chi connectivity index (χ0v) is 11.2. The van der Waals surface area contributed by atoms with Gasteiger partial charge in [-0.2, -0.15) is 0 Å². The lowest BCUT2D eigenvalue weighted by atomic mass is 9.98. The lowest BCUT2D eigenvalue weighted by molar-refractivity contribution is 0.212. The Morgan fingerprint density at radius 1 is 1.12 bits per heavy atom. The molecule has 3 aliphatic heterocycles. The highest BCUT2D eigenvalue weighted by atomic mass is 15.3. The Balaban J connectivity index is 1.46. The van der Waals surface area contributed by atoms with E-state index in [1.165, 1.54) is 65.1 Å². The van der Waals surface area contributed by atoms with E-state index in [-0.39, 0.29) is 0 Å². The van der Waals surface area contributed by atoms with E-state index in [9.17, 15) is 0 Å². The first-order valence-electron chi connectivity index (χ1n) is 7.50. The Morgan fingerprint density at radius 3 is 2.65 bits per heavy atom. The minimum Gasteiger partial charge on any atom is -0.316 e. The van der Waals surface area contributed by atoms with Gasteiger partial charge in [-0.3, -0.25) is 4.90 Å². The van der Waals surface area contributed by atoms with E-state index in [2.05, 4.69) is 22.0 Å². The zero-order chi connectivity index (χ0) is 11.7. The Hall–Kier alpha value is -0.120. The monoisotopic (exact) mass is 237 g/mol. The second kappa shape index (κ2) is 5.25. The van der Waals surface area contributed by atoms with Gasteiger partial charge in [0.1, 0.15) is 0 Å². The van der Waals surface area contributed by atoms with Crippen LogP contribution in [0.25, 0.3) is 0 Å². The highest BCUT2D eigenvalue weighted by Crippen LogP contribution is 2.23. The van der Waals surface area contributed by atoms with Crippen molar-refractivity contribution in [3.8, 4) is 0 Å². The number of nitrogens with one attached hydrogen (secondary N) is 1. The molecular formula is C14H27N3. The molecule has 0 aliphatic carbocycles. The molecule has 3 heterocycles. The number of rotatable bonds is 3. The number of likely N-dealkylation sites (tertiary alicyclic amines) is 2. The smallest absolute Gasteiger partial charge is 0.0235 e. The Morgan fingerprint density at radius 2 is 1.94 bits per heavy atom. The van der Waals surface area contributed by atoms with Crippen LogP contribution in [0.5, 0.6) is 0 Å². The summed E-state index contributed by atoms with van der Waals surface area (Å²) in [6, 6.07) is 0.877. The first-order chi connectivity index (χ1) is 8.33. The topological polar surface area (TPSA) is 18.5 Å². The standard InChI is InChI=1S/C14H27N3/c1-12-8-15-9-13(12)10-16-7-4-14(11-16)17-5-2-3-6-17/h12-15H,2-11H2,1H3. The van der Waals surface area contributed by atoms with Gasteiger partial charge in [-0.1, -0.05) is 6.92 Å². The second-order valence-electron chi connectivity index (χ2n) is 6.34. The molecule has 0 amide bonds. The molecule has 3 saturated heterocycles. The maximum atomic E-state index is 3.53. The zero-order valence-electron chi connectivity index (χ0n) is 11.2. The van der Waals surface area contributed by atoms with Crippen LogP contribution in [-0.2, 0) is 0 Å². The van der Waals surface area contributed by atoms with Crippen LogP contribution in [0.1, 0.15) is 26.2 Å². The van der Waals surface area contributed by atoms with Crippen molar-refractivity contribution in [3.05, 3.63) is 0 Å². The average Bonchev–Trinajstić information content (AvgIpc) is 3.02. The Kier molecular flexibility index (Phi) is 3.69. The molecule has 0 radical (unpaired) electrons. The molecule has 3 atom stereocenters. The Labute approximate surface area is 106 Å². The summed E-state index contributed by atoms with van der Waals surface area (Å²) in [7, 11) is 0. The lowest BCUT2D eigenvalue weighted by Gasteiger charge is -2.25. The molecule has 3 aliphatic rings. The van der Waals surface area contributed by atoms with Crippen LogP contribution in [0.4, 0.5) is 0 Å². The number of nitrogens with zero attached hydrogens (tertiary/aromatic N) is 2. The van der Waals surface area contributed by atoms with E-state index in [1.54, 1.807) is 0 Å². The van der Waals surface area contributed by atoms with E-state index in [0.717, 1.165) is 17.9 Å². The van der Waals surface area contributed by atoms with Gasteiger partial charge >= 0.3 is 0 Å². The summed E-state index contributed by atoms with van der Waals surface area (Å²) in [5.41, 5.74) is 0. The number of hydrogen-bond acceptors (Lipinski definition) is 3. The molecule has 3 unspecified atom stereocenters. The molecule has 3 rings (SSSR count). The third kappa shape index (κ3) is 2.67. The normalized spacial score (nSPS) is 40.4. The van der Waals surface area contributed by atoms with Crippen LogP contribution in [0, 0.1) is 11.8 Å². The minimum atomic E-state index is 0.876. The van der Waals surface area contributed by atoms with E-state index < -0.39 is 0 Å². The molecule has 1 N–H and O–H groups in total. The summed E-state index contributed by atoms with van der Waals surface area (Å²) in [5.74, 6) is 1.77. The predicted octanol–water partition coefficient (Wildman–Crippen LogP) is 1.01. The van der Waals surface area contributed by atoms with Crippen LogP contribution in [0.3, 0.4) is 0 Å². The van der Waals surface area contributed by atoms with Gasteiger partial charge in [0.05, 0.1) is 0 Å². The summed E-state index contributed by atoms with van der Waals surface area (Å²) in [5, 5.41) is 3.53. The van der Waals surface area contributed by atoms with Gasteiger partial charge in [-0.25, -0.2) is 0 Å². The van der Waals surface area contributed by atoms with Crippen LogP contribution in [0.2, 0.25) is 0 Å². The van der Waals surface area contributed by atoms with Crippen molar-refractivity contribution < 1.29 is 0 Å². The summed E-state index contributed by atoms with van der Waals surface area (Å²) >= 11 is 0. The van der Waals surface area contributed by atoms with Gasteiger partial charge in [-0.15, -0.1) is 0 Å². The molecule has 0 bridgehead atoms. The summed E-state index contributed by atoms with van der Waals surface area (Å²) < 4.78 is 0. The van der Waals surface area contributed by atoms with Crippen molar-refractivity contribution in [3.63, 3.8) is 0 Å². The molecule has 0 saturated carbocycles. The molecule has 17 heavy (non-hydrogen) atoms. The first kappa shape index (κ1) is 11.9. The van der Waals surface area contributed by atoms with Gasteiger partial charge < -0.3 is 10.2 Å². The van der Waals surface area contributed by atoms with Crippen molar-refractivity contribution >= 4 is 0 Å². The second-order valence-corrected chi connectivity index (χ2v) is 6.34. The SMILES string of the molecule is CC1CNCC1CN1CCC(N2CCCC2)C1. The van der Waals surface area contributed by atoms with Gasteiger partial charge in [-0.05, 0) is 63.8 Å². The molecule has 0 aromatic rings. The Bertz CT molecular complexity index is 250. The molecule has 98 valence electrons. The van der Waals surface area contributed by atoms with Crippen molar-refractivity contribution in [2.24, 2.45) is 11.8 Å². The van der Waals surface area contributed by atoms with Crippen molar-refractivity contribution in [1.82, 2.24) is 15.1 Å². The van der Waals surface area contributed by atoms with Crippen LogP contribution in [0.15, 0.2) is 0 Å². The van der Waals surface area contributed by atoms with E-state index >= 15 is 0 Å². The average molecular weight is 237 g/mol. The lowest BCUT2D eigenvalue weighted by Crippen LogP contribution is -2.37. The number of hydrogen-bond donors (Lipinski definition) is 1. The molecule has 0 aromatic heterocycles. The fourth-order valence-electron chi connectivity index (χ4n) is 3.82. The summed E-state index contributed by atoms with van der Waals surface area (Å²) in [6.07, 6.45) is 4.27. The first-order valence-corrected chi connectivity index (χ1v) is 7.50. The molecule has 0 aromatic carbocycles. The van der Waals surface area contributed by atoms with E-state index in [4.69, 9.17) is 0 Å². The maximum absolute atomic E-state index is 3.53. The molecule has 3 heteroatoms. The summed E-state index contributed by atoms with van der Waals surface area (Å²) in [6.45, 7) is 11.6. The predicted molar refractivity (Wildman–Crippen MR) is 71.2 cm³/mol. The fraction of sp³-hybridized carbons (Fsp3) is 1.00. The quantitative estimate of drug-likeness (QED) is 0.790. The minimum absolute atomic E-state index is 0.876.